The molecule has 0 aliphatic carbocycles. The van der Waals surface area contributed by atoms with Gasteiger partial charge in [-0.1, -0.05) is 0 Å². The lowest BCUT2D eigenvalue weighted by atomic mass is 10.2. The first-order valence-corrected chi connectivity index (χ1v) is 7.17. The van der Waals surface area contributed by atoms with E-state index in [9.17, 15) is 14.4 Å². The third kappa shape index (κ3) is 2.97. The van der Waals surface area contributed by atoms with Gasteiger partial charge < -0.3 is 15.6 Å². The fourth-order valence-corrected chi connectivity index (χ4v) is 2.70. The van der Waals surface area contributed by atoms with Crippen LogP contribution in [0.3, 0.4) is 0 Å². The predicted molar refractivity (Wildman–Crippen MR) is 80.8 cm³/mol. The highest BCUT2D eigenvalue weighted by Crippen LogP contribution is 2.33. The van der Waals surface area contributed by atoms with E-state index in [0.29, 0.717) is 22.7 Å². The monoisotopic (exact) mass is 301 g/mol. The van der Waals surface area contributed by atoms with Gasteiger partial charge >= 0.3 is 0 Å². The van der Waals surface area contributed by atoms with E-state index in [1.54, 1.807) is 12.1 Å². The number of hydrogen-bond donors (Lipinski definition) is 3. The van der Waals surface area contributed by atoms with Gasteiger partial charge in [0.15, 0.2) is 0 Å². The molecule has 7 heteroatoms. The van der Waals surface area contributed by atoms with E-state index in [4.69, 9.17) is 0 Å². The van der Waals surface area contributed by atoms with Gasteiger partial charge in [0.05, 0.1) is 17.0 Å². The van der Waals surface area contributed by atoms with Gasteiger partial charge in [-0.3, -0.25) is 14.4 Å². The number of benzene rings is 1. The fourth-order valence-electron chi connectivity index (χ4n) is 1.92. The quantitative estimate of drug-likeness (QED) is 0.787. The molecule has 1 aromatic heterocycles. The van der Waals surface area contributed by atoms with E-state index < -0.39 is 0 Å². The smallest absolute Gasteiger partial charge is 0.257 e. The van der Waals surface area contributed by atoms with Crippen LogP contribution in [0.25, 0.3) is 0 Å². The Bertz CT molecular complexity index is 765. The molecule has 1 aromatic carbocycles. The Morgan fingerprint density at radius 1 is 1.19 bits per heavy atom. The number of carbonyl (C=O) groups is 2. The predicted octanol–water partition coefficient (Wildman–Crippen LogP) is 1.67. The summed E-state index contributed by atoms with van der Waals surface area (Å²) in [5.41, 5.74) is 1.36. The average molecular weight is 301 g/mol. The number of H-pyrrole nitrogens is 1. The molecule has 0 radical (unpaired) electrons. The van der Waals surface area contributed by atoms with Gasteiger partial charge in [0.25, 0.3) is 5.91 Å². The zero-order chi connectivity index (χ0) is 14.8. The number of carbonyl (C=O) groups excluding carboxylic acids is 2. The first-order valence-electron chi connectivity index (χ1n) is 6.18. The summed E-state index contributed by atoms with van der Waals surface area (Å²) in [6.45, 7) is 0. The van der Waals surface area contributed by atoms with Crippen LogP contribution in [0.4, 0.5) is 11.4 Å². The summed E-state index contributed by atoms with van der Waals surface area (Å²) >= 11 is 1.46. The summed E-state index contributed by atoms with van der Waals surface area (Å²) in [4.78, 5) is 37.8. The molecule has 0 fully saturated rings. The Kier molecular flexibility index (Phi) is 3.49. The Balaban J connectivity index is 1.80. The van der Waals surface area contributed by atoms with Crippen molar-refractivity contribution in [2.75, 3.05) is 16.4 Å². The van der Waals surface area contributed by atoms with Gasteiger partial charge in [0, 0.05) is 22.8 Å². The maximum absolute atomic E-state index is 12.0. The van der Waals surface area contributed by atoms with Crippen LogP contribution in [0.15, 0.2) is 46.2 Å². The van der Waals surface area contributed by atoms with Crippen LogP contribution in [-0.2, 0) is 4.79 Å². The minimum atomic E-state index is -0.332. The lowest BCUT2D eigenvalue weighted by molar-refractivity contribution is -0.113. The molecule has 1 aliphatic rings. The topological polar surface area (TPSA) is 91.1 Å². The molecule has 0 unspecified atom stereocenters. The molecule has 0 atom stereocenters. The number of amides is 2. The SMILES string of the molecule is O=C1CSc2ccc(NC(=O)c3ccc(=O)[nH]c3)cc2N1. The first-order chi connectivity index (χ1) is 10.1. The normalized spacial score (nSPS) is 13.2. The molecule has 1 aliphatic heterocycles. The highest BCUT2D eigenvalue weighted by molar-refractivity contribution is 8.00. The van der Waals surface area contributed by atoms with E-state index in [-0.39, 0.29) is 17.4 Å². The van der Waals surface area contributed by atoms with Crippen LogP contribution in [0.5, 0.6) is 0 Å². The molecule has 21 heavy (non-hydrogen) atoms. The van der Waals surface area contributed by atoms with Crippen LogP contribution in [0.2, 0.25) is 0 Å². The largest absolute Gasteiger partial charge is 0.328 e. The fraction of sp³-hybridized carbons (Fsp3) is 0.0714. The molecular weight excluding hydrogens is 290 g/mol. The van der Waals surface area contributed by atoms with E-state index in [1.165, 1.54) is 30.1 Å². The molecule has 3 rings (SSSR count). The number of hydrogen-bond acceptors (Lipinski definition) is 4. The summed E-state index contributed by atoms with van der Waals surface area (Å²) in [6, 6.07) is 8.07. The number of aromatic nitrogens is 1. The van der Waals surface area contributed by atoms with Crippen molar-refractivity contribution >= 4 is 35.0 Å². The molecule has 3 N–H and O–H groups in total. The number of fused-ring (bicyclic) bond motifs is 1. The van der Waals surface area contributed by atoms with Crippen LogP contribution in [0, 0.1) is 0 Å². The van der Waals surface area contributed by atoms with Crippen molar-refractivity contribution in [2.24, 2.45) is 0 Å². The standard InChI is InChI=1S/C14H11N3O3S/c18-12-4-1-8(6-15-12)14(20)16-9-2-3-11-10(5-9)17-13(19)7-21-11/h1-6H,7H2,(H,15,18)(H,16,20)(H,17,19). The molecule has 2 aromatic rings. The van der Waals surface area contributed by atoms with Crippen molar-refractivity contribution in [1.82, 2.24) is 4.98 Å². The van der Waals surface area contributed by atoms with Gasteiger partial charge in [-0.15, -0.1) is 11.8 Å². The second-order valence-electron chi connectivity index (χ2n) is 4.44. The molecule has 6 nitrogen and oxygen atoms in total. The summed E-state index contributed by atoms with van der Waals surface area (Å²) in [7, 11) is 0. The molecule has 106 valence electrons. The molecular formula is C14H11N3O3S. The number of rotatable bonds is 2. The van der Waals surface area contributed by atoms with Gasteiger partial charge in [0.1, 0.15) is 0 Å². The minimum absolute atomic E-state index is 0.0587. The zero-order valence-electron chi connectivity index (χ0n) is 10.8. The van der Waals surface area contributed by atoms with Crippen molar-refractivity contribution in [3.63, 3.8) is 0 Å². The highest BCUT2D eigenvalue weighted by Gasteiger charge is 2.16. The Hall–Kier alpha value is -2.54. The van der Waals surface area contributed by atoms with Crippen molar-refractivity contribution in [2.45, 2.75) is 4.90 Å². The summed E-state index contributed by atoms with van der Waals surface area (Å²) in [5, 5.41) is 5.48. The minimum Gasteiger partial charge on any atom is -0.328 e. The average Bonchev–Trinajstić information content (AvgIpc) is 2.47. The van der Waals surface area contributed by atoms with E-state index in [2.05, 4.69) is 15.6 Å². The second kappa shape index (κ2) is 5.45. The number of aromatic amines is 1. The van der Waals surface area contributed by atoms with E-state index in [1.807, 2.05) is 6.07 Å². The Morgan fingerprint density at radius 2 is 2.05 bits per heavy atom. The van der Waals surface area contributed by atoms with E-state index in [0.717, 1.165) is 4.90 Å². The Morgan fingerprint density at radius 3 is 2.81 bits per heavy atom. The van der Waals surface area contributed by atoms with Gasteiger partial charge in [-0.2, -0.15) is 0 Å². The van der Waals surface area contributed by atoms with E-state index >= 15 is 0 Å². The maximum atomic E-state index is 12.0. The number of thioether (sulfide) groups is 1. The third-order valence-corrected chi connectivity index (χ3v) is 3.99. The number of nitrogens with one attached hydrogen (secondary N) is 3. The maximum Gasteiger partial charge on any atom is 0.257 e. The third-order valence-electron chi connectivity index (χ3n) is 2.92. The number of anilines is 2. The summed E-state index contributed by atoms with van der Waals surface area (Å²) in [6.07, 6.45) is 1.35. The van der Waals surface area contributed by atoms with Crippen molar-refractivity contribution in [1.29, 1.82) is 0 Å². The van der Waals surface area contributed by atoms with Crippen LogP contribution in [-0.4, -0.2) is 22.6 Å². The Labute approximate surface area is 124 Å². The van der Waals surface area contributed by atoms with Crippen LogP contribution < -0.4 is 16.2 Å². The molecule has 0 bridgehead atoms. The van der Waals surface area contributed by atoms with Crippen molar-refractivity contribution < 1.29 is 9.59 Å². The van der Waals surface area contributed by atoms with Gasteiger partial charge in [-0.05, 0) is 24.3 Å². The van der Waals surface area contributed by atoms with Crippen molar-refractivity contribution in [3.8, 4) is 0 Å². The molecule has 0 spiro atoms. The lowest BCUT2D eigenvalue weighted by Gasteiger charge is -2.17. The first kappa shape index (κ1) is 13.4. The van der Waals surface area contributed by atoms with Gasteiger partial charge in [0.2, 0.25) is 11.5 Å². The highest BCUT2D eigenvalue weighted by atomic mass is 32.2. The molecule has 2 amide bonds. The van der Waals surface area contributed by atoms with Crippen LogP contribution in [0.1, 0.15) is 10.4 Å². The zero-order valence-corrected chi connectivity index (χ0v) is 11.6. The van der Waals surface area contributed by atoms with Crippen molar-refractivity contribution in [3.05, 3.63) is 52.4 Å². The molecule has 0 saturated heterocycles. The molecule has 0 saturated carbocycles. The summed E-state index contributed by atoms with van der Waals surface area (Å²) in [5.74, 6) is 0.00778. The molecule has 2 heterocycles. The number of pyridine rings is 1. The van der Waals surface area contributed by atoms with Gasteiger partial charge in [-0.25, -0.2) is 0 Å². The van der Waals surface area contributed by atoms with Crippen LogP contribution >= 0.6 is 11.8 Å². The summed E-state index contributed by atoms with van der Waals surface area (Å²) < 4.78 is 0. The second-order valence-corrected chi connectivity index (χ2v) is 5.46. The lowest BCUT2D eigenvalue weighted by Crippen LogP contribution is -2.19.